The monoisotopic (exact) mass is 234 g/mol. The third-order valence-corrected chi connectivity index (χ3v) is 4.09. The maximum atomic E-state index is 5.65. The Morgan fingerprint density at radius 1 is 1.12 bits per heavy atom. The van der Waals surface area contributed by atoms with Gasteiger partial charge in [0.2, 0.25) is 0 Å². The van der Waals surface area contributed by atoms with E-state index in [1.807, 2.05) is 12.3 Å². The quantitative estimate of drug-likeness (QED) is 0.831. The molecule has 0 aromatic carbocycles. The lowest BCUT2D eigenvalue weighted by Gasteiger charge is -2.37. The molecule has 0 bridgehead atoms. The number of nitrogen functional groups attached to an aromatic ring is 1. The Morgan fingerprint density at radius 2 is 1.76 bits per heavy atom. The van der Waals surface area contributed by atoms with Crippen LogP contribution in [0.15, 0.2) is 18.3 Å². The number of nitrogens with zero attached hydrogens (tertiary/aromatic N) is 1. The molecular formula is C15H26N2. The number of aromatic nitrogens is 1. The molecule has 2 N–H and O–H groups in total. The molecule has 1 heterocycles. The molecule has 0 fully saturated rings. The van der Waals surface area contributed by atoms with Crippen LogP contribution in [0.3, 0.4) is 0 Å². The van der Waals surface area contributed by atoms with E-state index < -0.39 is 0 Å². The van der Waals surface area contributed by atoms with Crippen LogP contribution in [-0.2, 0) is 5.41 Å². The van der Waals surface area contributed by atoms with E-state index in [-0.39, 0.29) is 5.41 Å². The van der Waals surface area contributed by atoms with E-state index in [0.29, 0.717) is 11.2 Å². The van der Waals surface area contributed by atoms with Crippen LogP contribution in [0.25, 0.3) is 0 Å². The lowest BCUT2D eigenvalue weighted by Crippen LogP contribution is -2.29. The summed E-state index contributed by atoms with van der Waals surface area (Å²) in [5.74, 6) is 0.599. The van der Waals surface area contributed by atoms with Gasteiger partial charge in [0.05, 0.1) is 0 Å². The molecule has 0 aliphatic carbocycles. The predicted molar refractivity (Wildman–Crippen MR) is 75.0 cm³/mol. The minimum Gasteiger partial charge on any atom is -0.384 e. The van der Waals surface area contributed by atoms with Crippen molar-refractivity contribution in [1.29, 1.82) is 0 Å². The third-order valence-electron chi connectivity index (χ3n) is 4.09. The van der Waals surface area contributed by atoms with E-state index in [2.05, 4.69) is 45.7 Å². The smallest absolute Gasteiger partial charge is 0.123 e. The molecule has 0 amide bonds. The van der Waals surface area contributed by atoms with Gasteiger partial charge in [0.15, 0.2) is 0 Å². The molecule has 96 valence electrons. The first-order valence-corrected chi connectivity index (χ1v) is 6.55. The number of rotatable bonds is 5. The second kappa shape index (κ2) is 5.07. The average Bonchev–Trinajstić information content (AvgIpc) is 2.29. The summed E-state index contributed by atoms with van der Waals surface area (Å²) >= 11 is 0. The van der Waals surface area contributed by atoms with E-state index in [4.69, 9.17) is 5.73 Å². The highest BCUT2D eigenvalue weighted by Gasteiger charge is 2.31. The summed E-state index contributed by atoms with van der Waals surface area (Å²) in [6.45, 7) is 11.5. The Balaban J connectivity index is 2.99. The van der Waals surface area contributed by atoms with Gasteiger partial charge in [-0.1, -0.05) is 47.1 Å². The molecule has 1 aromatic heterocycles. The maximum Gasteiger partial charge on any atom is 0.123 e. The van der Waals surface area contributed by atoms with E-state index in [0.717, 1.165) is 6.42 Å². The lowest BCUT2D eigenvalue weighted by atomic mass is 9.68. The van der Waals surface area contributed by atoms with E-state index in [1.54, 1.807) is 0 Å². The summed E-state index contributed by atoms with van der Waals surface area (Å²) in [5.41, 5.74) is 7.52. The van der Waals surface area contributed by atoms with Crippen molar-refractivity contribution in [3.05, 3.63) is 23.9 Å². The Hall–Kier alpha value is -1.05. The van der Waals surface area contributed by atoms with E-state index >= 15 is 0 Å². The highest BCUT2D eigenvalue weighted by molar-refractivity contribution is 5.32. The Bertz CT molecular complexity index is 354. The molecule has 0 spiro atoms. The van der Waals surface area contributed by atoms with Gasteiger partial charge in [-0.15, -0.1) is 0 Å². The van der Waals surface area contributed by atoms with Crippen molar-refractivity contribution in [1.82, 2.24) is 4.98 Å². The standard InChI is InChI=1S/C15H26N2/c1-6-14(3,4)11-15(5,7-2)12-8-9-13(16)17-10-12/h8-10H,6-7,11H2,1-5H3,(H2,16,17). The van der Waals surface area contributed by atoms with E-state index in [9.17, 15) is 0 Å². The van der Waals surface area contributed by atoms with Crippen LogP contribution in [-0.4, -0.2) is 4.98 Å². The molecule has 0 aliphatic heterocycles. The minimum atomic E-state index is 0.195. The molecule has 1 rings (SSSR count). The second-order valence-electron chi connectivity index (χ2n) is 6.08. The molecule has 0 saturated carbocycles. The highest BCUT2D eigenvalue weighted by atomic mass is 14.8. The third kappa shape index (κ3) is 3.45. The Morgan fingerprint density at radius 3 is 2.18 bits per heavy atom. The fourth-order valence-electron chi connectivity index (χ4n) is 2.37. The SMILES string of the molecule is CCC(C)(C)CC(C)(CC)c1ccc(N)nc1. The Kier molecular flexibility index (Phi) is 4.18. The van der Waals surface area contributed by atoms with Gasteiger partial charge in [0.1, 0.15) is 5.82 Å². The average molecular weight is 234 g/mol. The van der Waals surface area contributed by atoms with Gasteiger partial charge < -0.3 is 5.73 Å². The van der Waals surface area contributed by atoms with Crippen LogP contribution in [0.5, 0.6) is 0 Å². The summed E-state index contributed by atoms with van der Waals surface area (Å²) in [6.07, 6.45) is 5.44. The normalized spacial score (nSPS) is 15.6. The van der Waals surface area contributed by atoms with Crippen LogP contribution in [0.4, 0.5) is 5.82 Å². The number of pyridine rings is 1. The first-order valence-electron chi connectivity index (χ1n) is 6.55. The fraction of sp³-hybridized carbons (Fsp3) is 0.667. The lowest BCUT2D eigenvalue weighted by molar-refractivity contribution is 0.230. The van der Waals surface area contributed by atoms with Crippen molar-refractivity contribution in [3.63, 3.8) is 0 Å². The number of hydrogen-bond donors (Lipinski definition) is 1. The zero-order valence-electron chi connectivity index (χ0n) is 11.9. The molecule has 1 atom stereocenters. The van der Waals surface area contributed by atoms with Crippen molar-refractivity contribution < 1.29 is 0 Å². The van der Waals surface area contributed by atoms with Crippen LogP contribution in [0, 0.1) is 5.41 Å². The summed E-state index contributed by atoms with van der Waals surface area (Å²) in [7, 11) is 0. The Labute approximate surface area is 106 Å². The second-order valence-corrected chi connectivity index (χ2v) is 6.08. The van der Waals surface area contributed by atoms with Crippen LogP contribution in [0.2, 0.25) is 0 Å². The van der Waals surface area contributed by atoms with Crippen molar-refractivity contribution in [2.24, 2.45) is 5.41 Å². The van der Waals surface area contributed by atoms with Crippen LogP contribution < -0.4 is 5.73 Å². The first-order chi connectivity index (χ1) is 7.83. The van der Waals surface area contributed by atoms with Gasteiger partial charge in [0.25, 0.3) is 0 Å². The van der Waals surface area contributed by atoms with E-state index in [1.165, 1.54) is 18.4 Å². The van der Waals surface area contributed by atoms with Gasteiger partial charge >= 0.3 is 0 Å². The highest BCUT2D eigenvalue weighted by Crippen LogP contribution is 2.40. The van der Waals surface area contributed by atoms with Crippen molar-refractivity contribution in [2.75, 3.05) is 5.73 Å². The fourth-order valence-corrected chi connectivity index (χ4v) is 2.37. The van der Waals surface area contributed by atoms with Gasteiger partial charge in [-0.3, -0.25) is 0 Å². The maximum absolute atomic E-state index is 5.65. The number of hydrogen-bond acceptors (Lipinski definition) is 2. The molecule has 1 aromatic rings. The molecule has 0 saturated heterocycles. The molecule has 0 aliphatic rings. The molecule has 1 unspecified atom stereocenters. The largest absolute Gasteiger partial charge is 0.384 e. The topological polar surface area (TPSA) is 38.9 Å². The van der Waals surface area contributed by atoms with Gasteiger partial charge in [-0.2, -0.15) is 0 Å². The number of anilines is 1. The summed E-state index contributed by atoms with van der Waals surface area (Å²) in [6, 6.07) is 4.03. The predicted octanol–water partition coefficient (Wildman–Crippen LogP) is 4.16. The zero-order chi connectivity index (χ0) is 13.1. The van der Waals surface area contributed by atoms with Crippen molar-refractivity contribution in [2.45, 2.75) is 59.3 Å². The first kappa shape index (κ1) is 14.0. The summed E-state index contributed by atoms with van der Waals surface area (Å²) < 4.78 is 0. The van der Waals surface area contributed by atoms with Crippen LogP contribution >= 0.6 is 0 Å². The minimum absolute atomic E-state index is 0.195. The molecule has 2 nitrogen and oxygen atoms in total. The zero-order valence-corrected chi connectivity index (χ0v) is 11.9. The summed E-state index contributed by atoms with van der Waals surface area (Å²) in [4.78, 5) is 4.23. The van der Waals surface area contributed by atoms with Crippen molar-refractivity contribution in [3.8, 4) is 0 Å². The summed E-state index contributed by atoms with van der Waals surface area (Å²) in [5, 5.41) is 0. The molecule has 2 heteroatoms. The van der Waals surface area contributed by atoms with Gasteiger partial charge in [0, 0.05) is 6.20 Å². The molecule has 0 radical (unpaired) electrons. The number of nitrogens with two attached hydrogens (primary N) is 1. The van der Waals surface area contributed by atoms with Gasteiger partial charge in [-0.05, 0) is 35.3 Å². The molecular weight excluding hydrogens is 208 g/mol. The molecule has 17 heavy (non-hydrogen) atoms. The van der Waals surface area contributed by atoms with Gasteiger partial charge in [-0.25, -0.2) is 4.98 Å². The van der Waals surface area contributed by atoms with Crippen LogP contribution in [0.1, 0.15) is 59.4 Å². The van der Waals surface area contributed by atoms with Crippen molar-refractivity contribution >= 4 is 5.82 Å².